The Morgan fingerprint density at radius 3 is 2.00 bits per heavy atom. The zero-order chi connectivity index (χ0) is 25.5. The number of hydrogen-bond acceptors (Lipinski definition) is 9. The normalized spacial score (nSPS) is 19.1. The third-order valence-electron chi connectivity index (χ3n) is 5.71. The van der Waals surface area contributed by atoms with Crippen LogP contribution in [0, 0.1) is 11.8 Å². The van der Waals surface area contributed by atoms with E-state index in [0.29, 0.717) is 36.0 Å². The molecule has 0 N–H and O–H groups in total. The maximum Gasteiger partial charge on any atom is 0.308 e. The van der Waals surface area contributed by atoms with Gasteiger partial charge in [-0.25, -0.2) is 0 Å². The molecule has 1 heterocycles. The largest absolute Gasteiger partial charge is 0.493 e. The molecule has 0 bridgehead atoms. The van der Waals surface area contributed by atoms with Crippen molar-refractivity contribution in [3.63, 3.8) is 0 Å². The summed E-state index contributed by atoms with van der Waals surface area (Å²) < 4.78 is 32.7. The molecule has 3 atom stereocenters. The molecule has 0 unspecified atom stereocenters. The molecular formula is C26H30O9. The van der Waals surface area contributed by atoms with Crippen molar-refractivity contribution in [2.45, 2.75) is 33.3 Å². The Labute approximate surface area is 204 Å². The molecule has 188 valence electrons. The van der Waals surface area contributed by atoms with Gasteiger partial charge in [-0.3, -0.25) is 14.4 Å². The van der Waals surface area contributed by atoms with Gasteiger partial charge < -0.3 is 28.4 Å². The van der Waals surface area contributed by atoms with E-state index >= 15 is 0 Å². The molecule has 0 aromatic heterocycles. The maximum atomic E-state index is 11.6. The van der Waals surface area contributed by atoms with Crippen LogP contribution in [0.4, 0.5) is 0 Å². The molecule has 0 saturated carbocycles. The van der Waals surface area contributed by atoms with E-state index < -0.39 is 11.9 Å². The lowest BCUT2D eigenvalue weighted by molar-refractivity contribution is -0.143. The second kappa shape index (κ2) is 11.7. The van der Waals surface area contributed by atoms with Gasteiger partial charge in [0.2, 0.25) is 0 Å². The fraction of sp³-hybridized carbons (Fsp3) is 0.423. The standard InChI is InChI=1S/C26H30O9/c1-15(27)32-14-21-20(10-18-6-8-22(34-16(2)28)24(11-18)30-4)13-33-26(21)19-7-9-23(35-17(3)29)25(12-19)31-5/h6-9,11-12,20-21,26H,10,13-14H2,1-5H3/t20-,21-,26+/m0/s1. The van der Waals surface area contributed by atoms with Gasteiger partial charge in [0.1, 0.15) is 0 Å². The number of carbonyl (C=O) groups is 3. The number of esters is 3. The molecule has 0 spiro atoms. The second-order valence-electron chi connectivity index (χ2n) is 8.27. The fourth-order valence-corrected chi connectivity index (χ4v) is 4.19. The smallest absolute Gasteiger partial charge is 0.308 e. The number of methoxy groups -OCH3 is 2. The summed E-state index contributed by atoms with van der Waals surface area (Å²) in [4.78, 5) is 34.3. The van der Waals surface area contributed by atoms with Gasteiger partial charge in [0.15, 0.2) is 23.0 Å². The lowest BCUT2D eigenvalue weighted by Crippen LogP contribution is -2.24. The van der Waals surface area contributed by atoms with Crippen molar-refractivity contribution in [3.05, 3.63) is 47.5 Å². The minimum Gasteiger partial charge on any atom is -0.493 e. The van der Waals surface area contributed by atoms with Crippen LogP contribution in [-0.2, 0) is 30.3 Å². The van der Waals surface area contributed by atoms with E-state index in [4.69, 9.17) is 28.4 Å². The lowest BCUT2D eigenvalue weighted by atomic mass is 9.84. The first-order valence-corrected chi connectivity index (χ1v) is 11.2. The van der Waals surface area contributed by atoms with E-state index in [2.05, 4.69) is 0 Å². The number of hydrogen-bond donors (Lipinski definition) is 0. The average Bonchev–Trinajstić information content (AvgIpc) is 3.20. The fourth-order valence-electron chi connectivity index (χ4n) is 4.19. The van der Waals surface area contributed by atoms with Crippen LogP contribution in [-0.4, -0.2) is 45.3 Å². The van der Waals surface area contributed by atoms with Crippen molar-refractivity contribution in [3.8, 4) is 23.0 Å². The van der Waals surface area contributed by atoms with Crippen molar-refractivity contribution in [1.82, 2.24) is 0 Å². The molecule has 2 aromatic rings. The molecule has 1 saturated heterocycles. The predicted octanol–water partition coefficient (Wildman–Crippen LogP) is 3.66. The summed E-state index contributed by atoms with van der Waals surface area (Å²) in [5.74, 6) is 0.165. The van der Waals surface area contributed by atoms with Crippen LogP contribution in [0.3, 0.4) is 0 Å². The molecular weight excluding hydrogens is 456 g/mol. The van der Waals surface area contributed by atoms with Crippen LogP contribution in [0.1, 0.15) is 38.0 Å². The zero-order valence-electron chi connectivity index (χ0n) is 20.5. The minimum absolute atomic E-state index is 0.0303. The summed E-state index contributed by atoms with van der Waals surface area (Å²) in [5.41, 5.74) is 1.78. The third kappa shape index (κ3) is 6.73. The molecule has 1 fully saturated rings. The van der Waals surface area contributed by atoms with Crippen LogP contribution >= 0.6 is 0 Å². The quantitative estimate of drug-likeness (QED) is 0.388. The Morgan fingerprint density at radius 1 is 0.829 bits per heavy atom. The van der Waals surface area contributed by atoms with Crippen molar-refractivity contribution >= 4 is 17.9 Å². The molecule has 1 aliphatic rings. The van der Waals surface area contributed by atoms with Gasteiger partial charge in [-0.2, -0.15) is 0 Å². The average molecular weight is 487 g/mol. The highest BCUT2D eigenvalue weighted by molar-refractivity contribution is 5.71. The van der Waals surface area contributed by atoms with Crippen molar-refractivity contribution < 1.29 is 42.8 Å². The molecule has 1 aliphatic heterocycles. The SMILES string of the molecule is COc1cc(C[C@H]2CO[C@H](c3ccc(OC(C)=O)c(OC)c3)[C@H]2COC(C)=O)ccc1OC(C)=O. The van der Waals surface area contributed by atoms with Gasteiger partial charge in [-0.1, -0.05) is 12.1 Å². The van der Waals surface area contributed by atoms with Crippen LogP contribution in [0.15, 0.2) is 36.4 Å². The monoisotopic (exact) mass is 486 g/mol. The summed E-state index contributed by atoms with van der Waals surface area (Å²) in [6, 6.07) is 10.6. The minimum atomic E-state index is -0.448. The Hall–Kier alpha value is -3.59. The van der Waals surface area contributed by atoms with E-state index in [1.165, 1.54) is 35.0 Å². The van der Waals surface area contributed by atoms with Crippen molar-refractivity contribution in [2.75, 3.05) is 27.4 Å². The summed E-state index contributed by atoms with van der Waals surface area (Å²) in [6.07, 6.45) is 0.267. The van der Waals surface area contributed by atoms with E-state index in [0.717, 1.165) is 11.1 Å². The van der Waals surface area contributed by atoms with E-state index in [1.807, 2.05) is 18.2 Å². The number of benzene rings is 2. The first-order valence-electron chi connectivity index (χ1n) is 11.2. The van der Waals surface area contributed by atoms with E-state index in [1.54, 1.807) is 18.2 Å². The topological polar surface area (TPSA) is 107 Å². The predicted molar refractivity (Wildman–Crippen MR) is 125 cm³/mol. The molecule has 0 aliphatic carbocycles. The molecule has 3 rings (SSSR count). The van der Waals surface area contributed by atoms with Gasteiger partial charge in [0.25, 0.3) is 0 Å². The Kier molecular flexibility index (Phi) is 8.70. The summed E-state index contributed by atoms with van der Waals surface area (Å²) >= 11 is 0. The van der Waals surface area contributed by atoms with Crippen LogP contribution < -0.4 is 18.9 Å². The second-order valence-corrected chi connectivity index (χ2v) is 8.27. The van der Waals surface area contributed by atoms with Crippen LogP contribution in [0.25, 0.3) is 0 Å². The first kappa shape index (κ1) is 26.0. The van der Waals surface area contributed by atoms with Gasteiger partial charge in [0, 0.05) is 26.7 Å². The molecule has 35 heavy (non-hydrogen) atoms. The highest BCUT2D eigenvalue weighted by Crippen LogP contribution is 2.43. The Morgan fingerprint density at radius 2 is 1.43 bits per heavy atom. The van der Waals surface area contributed by atoms with Gasteiger partial charge >= 0.3 is 17.9 Å². The summed E-state index contributed by atoms with van der Waals surface area (Å²) in [7, 11) is 3.00. The van der Waals surface area contributed by atoms with Crippen LogP contribution in [0.2, 0.25) is 0 Å². The van der Waals surface area contributed by atoms with Crippen molar-refractivity contribution in [1.29, 1.82) is 0 Å². The molecule has 9 nitrogen and oxygen atoms in total. The van der Waals surface area contributed by atoms with Gasteiger partial charge in [-0.05, 0) is 47.7 Å². The molecule has 0 radical (unpaired) electrons. The third-order valence-corrected chi connectivity index (χ3v) is 5.71. The highest BCUT2D eigenvalue weighted by atomic mass is 16.6. The lowest BCUT2D eigenvalue weighted by Gasteiger charge is -2.24. The van der Waals surface area contributed by atoms with E-state index in [-0.39, 0.29) is 30.5 Å². The number of rotatable bonds is 9. The number of ether oxygens (including phenoxy) is 6. The summed E-state index contributed by atoms with van der Waals surface area (Å²) in [6.45, 7) is 4.65. The Bertz CT molecular complexity index is 1080. The van der Waals surface area contributed by atoms with Gasteiger partial charge in [0.05, 0.1) is 33.5 Å². The maximum absolute atomic E-state index is 11.6. The summed E-state index contributed by atoms with van der Waals surface area (Å²) in [5, 5.41) is 0. The zero-order valence-corrected chi connectivity index (χ0v) is 20.5. The first-order chi connectivity index (χ1) is 16.7. The van der Waals surface area contributed by atoms with Crippen molar-refractivity contribution in [2.24, 2.45) is 11.8 Å². The van der Waals surface area contributed by atoms with Gasteiger partial charge in [-0.15, -0.1) is 0 Å². The number of carbonyl (C=O) groups excluding carboxylic acids is 3. The molecule has 9 heteroatoms. The van der Waals surface area contributed by atoms with E-state index in [9.17, 15) is 14.4 Å². The molecule has 2 aromatic carbocycles. The molecule has 0 amide bonds. The Balaban J connectivity index is 1.85. The highest BCUT2D eigenvalue weighted by Gasteiger charge is 2.39. The van der Waals surface area contributed by atoms with Crippen LogP contribution in [0.5, 0.6) is 23.0 Å².